The Morgan fingerprint density at radius 2 is 1.92 bits per heavy atom. The van der Waals surface area contributed by atoms with Gasteiger partial charge in [0.2, 0.25) is 5.13 Å². The lowest BCUT2D eigenvalue weighted by Crippen LogP contribution is -1.90. The van der Waals surface area contributed by atoms with Gasteiger partial charge in [-0.05, 0) is 24.1 Å². The van der Waals surface area contributed by atoms with Gasteiger partial charge in [-0.3, -0.25) is 5.43 Å². The van der Waals surface area contributed by atoms with E-state index in [1.165, 1.54) is 6.42 Å². The number of hydrazone groups is 1. The summed E-state index contributed by atoms with van der Waals surface area (Å²) in [5.74, 6) is 6.39. The van der Waals surface area contributed by atoms with Crippen LogP contribution in [0.25, 0.3) is 11.3 Å². The van der Waals surface area contributed by atoms with Crippen LogP contribution in [0, 0.1) is 11.8 Å². The highest BCUT2D eigenvalue weighted by Crippen LogP contribution is 2.24. The van der Waals surface area contributed by atoms with Gasteiger partial charge in [0, 0.05) is 22.9 Å². The zero-order valence-corrected chi connectivity index (χ0v) is 15.6. The smallest absolute Gasteiger partial charge is 0.203 e. The molecule has 1 heterocycles. The second kappa shape index (κ2) is 9.55. The molecule has 0 aliphatic rings. The van der Waals surface area contributed by atoms with E-state index in [0.717, 1.165) is 40.4 Å². The Labute approximate surface area is 158 Å². The topological polar surface area (TPSA) is 37.3 Å². The monoisotopic (exact) mass is 359 g/mol. The summed E-state index contributed by atoms with van der Waals surface area (Å²) in [7, 11) is 0. The van der Waals surface area contributed by atoms with E-state index in [0.29, 0.717) is 0 Å². The fourth-order valence-corrected chi connectivity index (χ4v) is 2.98. The number of aromatic nitrogens is 1. The van der Waals surface area contributed by atoms with Crippen molar-refractivity contribution < 1.29 is 0 Å². The van der Waals surface area contributed by atoms with Crippen LogP contribution in [-0.2, 0) is 0 Å². The molecule has 0 aliphatic heterocycles. The van der Waals surface area contributed by atoms with Crippen LogP contribution in [-0.4, -0.2) is 11.2 Å². The molecular formula is C22H21N3S. The Kier molecular flexibility index (Phi) is 6.58. The summed E-state index contributed by atoms with van der Waals surface area (Å²) >= 11 is 1.54. The summed E-state index contributed by atoms with van der Waals surface area (Å²) in [6.45, 7) is 2.18. The lowest BCUT2D eigenvalue weighted by Gasteiger charge is -1.96. The first kappa shape index (κ1) is 17.9. The molecule has 0 bridgehead atoms. The van der Waals surface area contributed by atoms with E-state index in [-0.39, 0.29) is 0 Å². The van der Waals surface area contributed by atoms with E-state index in [1.54, 1.807) is 17.6 Å². The summed E-state index contributed by atoms with van der Waals surface area (Å²) in [5.41, 5.74) is 7.13. The minimum atomic E-state index is 0.776. The lowest BCUT2D eigenvalue weighted by molar-refractivity contribution is 0.828. The molecule has 26 heavy (non-hydrogen) atoms. The van der Waals surface area contributed by atoms with Gasteiger partial charge in [-0.25, -0.2) is 4.98 Å². The summed E-state index contributed by atoms with van der Waals surface area (Å²) in [5, 5.41) is 7.08. The van der Waals surface area contributed by atoms with Crippen LogP contribution in [0.4, 0.5) is 5.13 Å². The molecule has 0 amide bonds. The van der Waals surface area contributed by atoms with Gasteiger partial charge in [-0.1, -0.05) is 67.6 Å². The van der Waals surface area contributed by atoms with Crippen LogP contribution in [0.2, 0.25) is 0 Å². The zero-order valence-electron chi connectivity index (χ0n) is 14.8. The first-order valence-corrected chi connectivity index (χ1v) is 9.62. The number of unbranched alkanes of at least 4 members (excludes halogenated alkanes) is 2. The molecule has 3 rings (SSSR count). The van der Waals surface area contributed by atoms with Crippen molar-refractivity contribution in [2.45, 2.75) is 26.2 Å². The molecule has 0 aliphatic carbocycles. The van der Waals surface area contributed by atoms with Crippen LogP contribution in [0.15, 0.2) is 65.1 Å². The molecule has 3 aromatic rings. The molecule has 1 aromatic heterocycles. The molecule has 4 heteroatoms. The normalized spacial score (nSPS) is 10.5. The molecule has 0 unspecified atom stereocenters. The third-order valence-corrected chi connectivity index (χ3v) is 4.49. The van der Waals surface area contributed by atoms with Gasteiger partial charge in [0.1, 0.15) is 0 Å². The maximum Gasteiger partial charge on any atom is 0.203 e. The van der Waals surface area contributed by atoms with Crippen LogP contribution >= 0.6 is 11.3 Å². The summed E-state index contributed by atoms with van der Waals surface area (Å²) < 4.78 is 0. The largest absolute Gasteiger partial charge is 0.253 e. The van der Waals surface area contributed by atoms with Crippen LogP contribution < -0.4 is 5.43 Å². The van der Waals surface area contributed by atoms with Gasteiger partial charge in [0.15, 0.2) is 0 Å². The number of anilines is 1. The Balaban J connectivity index is 1.55. The standard InChI is InChI=1S/C22H21N3S/c1-2-3-4-6-9-18-12-14-19(15-13-18)16-23-25-22-24-21(17-26-22)20-10-7-5-8-11-20/h5,7-8,10-17H,2-4H2,1H3,(H,24,25). The first-order chi connectivity index (χ1) is 12.8. The Bertz CT molecular complexity index is 900. The number of hydrogen-bond donors (Lipinski definition) is 1. The third-order valence-electron chi connectivity index (χ3n) is 3.75. The molecule has 130 valence electrons. The SMILES string of the molecule is CCCCC#Cc1ccc(C=NNc2nc(-c3ccccc3)cs2)cc1. The van der Waals surface area contributed by atoms with Crippen molar-refractivity contribution in [2.75, 3.05) is 5.43 Å². The minimum Gasteiger partial charge on any atom is -0.253 e. The van der Waals surface area contributed by atoms with Crippen molar-refractivity contribution in [2.24, 2.45) is 5.10 Å². The van der Waals surface area contributed by atoms with Crippen LogP contribution in [0.1, 0.15) is 37.3 Å². The Morgan fingerprint density at radius 3 is 2.69 bits per heavy atom. The fourth-order valence-electron chi connectivity index (χ4n) is 2.31. The Morgan fingerprint density at radius 1 is 1.12 bits per heavy atom. The van der Waals surface area contributed by atoms with Gasteiger partial charge in [0.05, 0.1) is 11.9 Å². The van der Waals surface area contributed by atoms with E-state index in [9.17, 15) is 0 Å². The molecule has 0 saturated carbocycles. The van der Waals surface area contributed by atoms with E-state index in [1.807, 2.05) is 47.8 Å². The van der Waals surface area contributed by atoms with Gasteiger partial charge >= 0.3 is 0 Å². The average Bonchev–Trinajstić information content (AvgIpc) is 3.16. The molecular weight excluding hydrogens is 338 g/mol. The van der Waals surface area contributed by atoms with Crippen molar-refractivity contribution in [3.63, 3.8) is 0 Å². The van der Waals surface area contributed by atoms with Crippen molar-refractivity contribution >= 4 is 22.7 Å². The molecule has 0 radical (unpaired) electrons. The first-order valence-electron chi connectivity index (χ1n) is 8.74. The minimum absolute atomic E-state index is 0.776. The highest BCUT2D eigenvalue weighted by Gasteiger charge is 2.02. The van der Waals surface area contributed by atoms with Crippen LogP contribution in [0.5, 0.6) is 0 Å². The fraction of sp³-hybridized carbons (Fsp3) is 0.182. The summed E-state index contributed by atoms with van der Waals surface area (Å²) in [6, 6.07) is 18.2. The number of nitrogens with one attached hydrogen (secondary N) is 1. The molecule has 0 spiro atoms. The second-order valence-corrected chi connectivity index (χ2v) is 6.66. The molecule has 3 nitrogen and oxygen atoms in total. The summed E-state index contributed by atoms with van der Waals surface area (Å²) in [4.78, 5) is 4.55. The molecule has 1 N–H and O–H groups in total. The molecule has 2 aromatic carbocycles. The predicted octanol–water partition coefficient (Wildman–Crippen LogP) is 5.80. The zero-order chi connectivity index (χ0) is 18.0. The molecule has 0 fully saturated rings. The van der Waals surface area contributed by atoms with E-state index >= 15 is 0 Å². The van der Waals surface area contributed by atoms with Crippen molar-refractivity contribution in [3.05, 3.63) is 71.1 Å². The maximum atomic E-state index is 4.55. The Hall–Kier alpha value is -2.90. The van der Waals surface area contributed by atoms with Gasteiger partial charge < -0.3 is 0 Å². The predicted molar refractivity (Wildman–Crippen MR) is 112 cm³/mol. The van der Waals surface area contributed by atoms with Crippen molar-refractivity contribution in [1.82, 2.24) is 4.98 Å². The summed E-state index contributed by atoms with van der Waals surface area (Å²) in [6.07, 6.45) is 5.09. The quantitative estimate of drug-likeness (QED) is 0.261. The van der Waals surface area contributed by atoms with E-state index < -0.39 is 0 Å². The van der Waals surface area contributed by atoms with Gasteiger partial charge in [-0.2, -0.15) is 5.10 Å². The molecule has 0 atom stereocenters. The van der Waals surface area contributed by atoms with Crippen molar-refractivity contribution in [3.8, 4) is 23.1 Å². The highest BCUT2D eigenvalue weighted by atomic mass is 32.1. The third kappa shape index (κ3) is 5.30. The molecule has 0 saturated heterocycles. The van der Waals surface area contributed by atoms with Crippen LogP contribution in [0.3, 0.4) is 0 Å². The lowest BCUT2D eigenvalue weighted by atomic mass is 10.1. The number of rotatable bonds is 6. The number of benzene rings is 2. The average molecular weight is 359 g/mol. The van der Waals surface area contributed by atoms with Crippen molar-refractivity contribution in [1.29, 1.82) is 0 Å². The van der Waals surface area contributed by atoms with E-state index in [2.05, 4.69) is 46.4 Å². The number of nitrogens with zero attached hydrogens (tertiary/aromatic N) is 2. The van der Waals surface area contributed by atoms with Gasteiger partial charge in [-0.15, -0.1) is 11.3 Å². The second-order valence-electron chi connectivity index (χ2n) is 5.80. The number of thiazole rings is 1. The van der Waals surface area contributed by atoms with E-state index in [4.69, 9.17) is 0 Å². The number of hydrogen-bond acceptors (Lipinski definition) is 4. The highest BCUT2D eigenvalue weighted by molar-refractivity contribution is 7.14. The maximum absolute atomic E-state index is 4.55. The van der Waals surface area contributed by atoms with Gasteiger partial charge in [0.25, 0.3) is 0 Å².